The summed E-state index contributed by atoms with van der Waals surface area (Å²) in [7, 11) is 0. The molecule has 3 heterocycles. The molecule has 0 amide bonds. The normalized spacial score (nSPS) is 10.7. The van der Waals surface area contributed by atoms with E-state index in [2.05, 4.69) is 28.2 Å². The van der Waals surface area contributed by atoms with Gasteiger partial charge in [-0.25, -0.2) is 4.98 Å². The SMILES string of the molecule is c1ccc(-c2cccc(-c3ccc(OCOc4cccnc4-c4cccc(-c5ccccn5)c4)cc3)n2)cc1. The van der Waals surface area contributed by atoms with Crippen LogP contribution < -0.4 is 9.47 Å². The van der Waals surface area contributed by atoms with E-state index in [4.69, 9.17) is 14.5 Å². The van der Waals surface area contributed by atoms with Crippen molar-refractivity contribution in [2.75, 3.05) is 6.79 Å². The summed E-state index contributed by atoms with van der Waals surface area (Å²) < 4.78 is 11.9. The lowest BCUT2D eigenvalue weighted by atomic mass is 10.0. The topological polar surface area (TPSA) is 57.1 Å². The van der Waals surface area contributed by atoms with E-state index >= 15 is 0 Å². The third kappa shape index (κ3) is 5.68. The Morgan fingerprint density at radius 1 is 0.462 bits per heavy atom. The van der Waals surface area contributed by atoms with Gasteiger partial charge in [0.2, 0.25) is 6.79 Å². The second kappa shape index (κ2) is 11.4. The molecule has 0 radical (unpaired) electrons. The van der Waals surface area contributed by atoms with Crippen LogP contribution in [0, 0.1) is 0 Å². The number of ether oxygens (including phenoxy) is 2. The van der Waals surface area contributed by atoms with Crippen LogP contribution in [-0.4, -0.2) is 21.7 Å². The predicted molar refractivity (Wildman–Crippen MR) is 154 cm³/mol. The van der Waals surface area contributed by atoms with Gasteiger partial charge in [0, 0.05) is 34.6 Å². The first-order valence-corrected chi connectivity index (χ1v) is 12.7. The highest BCUT2D eigenvalue weighted by Gasteiger charge is 2.10. The molecule has 3 aromatic heterocycles. The summed E-state index contributed by atoms with van der Waals surface area (Å²) in [5.41, 5.74) is 7.59. The Kier molecular flexibility index (Phi) is 7.04. The van der Waals surface area contributed by atoms with Gasteiger partial charge in [0.15, 0.2) is 0 Å². The zero-order chi connectivity index (χ0) is 26.3. The van der Waals surface area contributed by atoms with Gasteiger partial charge >= 0.3 is 0 Å². The number of hydrogen-bond donors (Lipinski definition) is 0. The minimum Gasteiger partial charge on any atom is -0.457 e. The highest BCUT2D eigenvalue weighted by atomic mass is 16.7. The van der Waals surface area contributed by atoms with Crippen LogP contribution in [0.2, 0.25) is 0 Å². The number of aromatic nitrogens is 3. The predicted octanol–water partition coefficient (Wildman–Crippen LogP) is 7.95. The summed E-state index contributed by atoms with van der Waals surface area (Å²) in [6.07, 6.45) is 3.55. The van der Waals surface area contributed by atoms with Crippen LogP contribution in [0.5, 0.6) is 11.5 Å². The van der Waals surface area contributed by atoms with Crippen molar-refractivity contribution < 1.29 is 9.47 Å². The van der Waals surface area contributed by atoms with Gasteiger partial charge < -0.3 is 9.47 Å². The molecule has 0 aliphatic rings. The van der Waals surface area contributed by atoms with Crippen molar-refractivity contribution in [1.82, 2.24) is 15.0 Å². The Balaban J connectivity index is 1.13. The van der Waals surface area contributed by atoms with Crippen LogP contribution >= 0.6 is 0 Å². The molecule has 0 saturated heterocycles. The molecule has 0 unspecified atom stereocenters. The third-order valence-corrected chi connectivity index (χ3v) is 6.28. The first-order chi connectivity index (χ1) is 19.3. The van der Waals surface area contributed by atoms with Crippen LogP contribution in [0.15, 0.2) is 140 Å². The fraction of sp³-hybridized carbons (Fsp3) is 0.0294. The standard InChI is InChI=1S/C34H25N3O2/c1-2-9-25(10-3-1)31-14-7-15-32(37-31)26-17-19-29(20-18-26)38-24-39-33-16-8-22-36-34(33)28-12-6-11-27(23-28)30-13-4-5-21-35-30/h1-23H,24H2. The van der Waals surface area contributed by atoms with E-state index in [1.807, 2.05) is 109 Å². The van der Waals surface area contributed by atoms with Gasteiger partial charge in [-0.1, -0.05) is 60.7 Å². The number of nitrogens with zero attached hydrogens (tertiary/aromatic N) is 3. The fourth-order valence-electron chi connectivity index (χ4n) is 4.33. The molecule has 0 aliphatic heterocycles. The Bertz CT molecular complexity index is 1670. The summed E-state index contributed by atoms with van der Waals surface area (Å²) in [6.45, 7) is 0.0553. The summed E-state index contributed by atoms with van der Waals surface area (Å²) in [4.78, 5) is 13.9. The van der Waals surface area contributed by atoms with Gasteiger partial charge in [0.25, 0.3) is 0 Å². The molecular weight excluding hydrogens is 482 g/mol. The molecule has 0 fully saturated rings. The zero-order valence-electron chi connectivity index (χ0n) is 21.1. The average Bonchev–Trinajstić information content (AvgIpc) is 3.03. The van der Waals surface area contributed by atoms with E-state index < -0.39 is 0 Å². The maximum absolute atomic E-state index is 6.01. The second-order valence-corrected chi connectivity index (χ2v) is 8.85. The van der Waals surface area contributed by atoms with Gasteiger partial charge in [-0.2, -0.15) is 0 Å². The number of benzene rings is 3. The highest BCUT2D eigenvalue weighted by molar-refractivity contribution is 5.72. The summed E-state index contributed by atoms with van der Waals surface area (Å²) in [6, 6.07) is 41.8. The molecule has 6 aromatic rings. The molecular formula is C34H25N3O2. The molecule has 0 N–H and O–H groups in total. The lowest BCUT2D eigenvalue weighted by Gasteiger charge is -2.13. The molecule has 39 heavy (non-hydrogen) atoms. The van der Waals surface area contributed by atoms with Crippen molar-refractivity contribution in [3.63, 3.8) is 0 Å². The highest BCUT2D eigenvalue weighted by Crippen LogP contribution is 2.31. The molecule has 6 rings (SSSR count). The molecule has 0 aliphatic carbocycles. The first kappa shape index (κ1) is 24.1. The van der Waals surface area contributed by atoms with Crippen molar-refractivity contribution in [2.45, 2.75) is 0 Å². The third-order valence-electron chi connectivity index (χ3n) is 6.28. The molecule has 0 spiro atoms. The van der Waals surface area contributed by atoms with Crippen molar-refractivity contribution in [3.8, 4) is 56.5 Å². The number of pyridine rings is 3. The number of hydrogen-bond acceptors (Lipinski definition) is 5. The summed E-state index contributed by atoms with van der Waals surface area (Å²) in [5.74, 6) is 1.36. The van der Waals surface area contributed by atoms with Crippen LogP contribution in [-0.2, 0) is 0 Å². The van der Waals surface area contributed by atoms with Crippen molar-refractivity contribution in [2.24, 2.45) is 0 Å². The molecule has 5 nitrogen and oxygen atoms in total. The minimum atomic E-state index is 0.0553. The lowest BCUT2D eigenvalue weighted by Crippen LogP contribution is -2.07. The first-order valence-electron chi connectivity index (χ1n) is 12.7. The van der Waals surface area contributed by atoms with Gasteiger partial charge in [0.1, 0.15) is 17.2 Å². The number of rotatable bonds is 8. The van der Waals surface area contributed by atoms with Crippen LogP contribution in [0.4, 0.5) is 0 Å². The molecule has 3 aromatic carbocycles. The summed E-state index contributed by atoms with van der Waals surface area (Å²) >= 11 is 0. The van der Waals surface area contributed by atoms with E-state index in [1.54, 1.807) is 12.4 Å². The van der Waals surface area contributed by atoms with E-state index in [9.17, 15) is 0 Å². The molecule has 0 atom stereocenters. The maximum Gasteiger partial charge on any atom is 0.231 e. The zero-order valence-corrected chi connectivity index (χ0v) is 21.1. The van der Waals surface area contributed by atoms with Gasteiger partial charge in [-0.3, -0.25) is 9.97 Å². The Labute approximate surface area is 227 Å². The Morgan fingerprint density at radius 3 is 1.92 bits per heavy atom. The fourth-order valence-corrected chi connectivity index (χ4v) is 4.33. The largest absolute Gasteiger partial charge is 0.457 e. The molecule has 0 saturated carbocycles. The van der Waals surface area contributed by atoms with Gasteiger partial charge in [-0.05, 0) is 66.7 Å². The van der Waals surface area contributed by atoms with Crippen LogP contribution in [0.3, 0.4) is 0 Å². The smallest absolute Gasteiger partial charge is 0.231 e. The van der Waals surface area contributed by atoms with Crippen molar-refractivity contribution >= 4 is 0 Å². The molecule has 5 heteroatoms. The van der Waals surface area contributed by atoms with Crippen molar-refractivity contribution in [1.29, 1.82) is 0 Å². The van der Waals surface area contributed by atoms with E-state index in [0.717, 1.165) is 45.0 Å². The average molecular weight is 508 g/mol. The minimum absolute atomic E-state index is 0.0553. The van der Waals surface area contributed by atoms with Gasteiger partial charge in [0.05, 0.1) is 17.1 Å². The van der Waals surface area contributed by atoms with Crippen molar-refractivity contribution in [3.05, 3.63) is 140 Å². The van der Waals surface area contributed by atoms with E-state index in [0.29, 0.717) is 11.5 Å². The molecule has 188 valence electrons. The Morgan fingerprint density at radius 2 is 1.13 bits per heavy atom. The van der Waals surface area contributed by atoms with Crippen LogP contribution in [0.25, 0.3) is 45.0 Å². The lowest BCUT2D eigenvalue weighted by molar-refractivity contribution is 0.120. The Hall–Kier alpha value is -5.29. The van der Waals surface area contributed by atoms with E-state index in [-0.39, 0.29) is 6.79 Å². The van der Waals surface area contributed by atoms with Gasteiger partial charge in [-0.15, -0.1) is 0 Å². The van der Waals surface area contributed by atoms with E-state index in [1.165, 1.54) is 0 Å². The monoisotopic (exact) mass is 507 g/mol. The summed E-state index contributed by atoms with van der Waals surface area (Å²) in [5, 5.41) is 0. The van der Waals surface area contributed by atoms with Crippen LogP contribution in [0.1, 0.15) is 0 Å². The molecule has 0 bridgehead atoms. The second-order valence-electron chi connectivity index (χ2n) is 8.85. The quantitative estimate of drug-likeness (QED) is 0.196. The maximum atomic E-state index is 6.01.